The van der Waals surface area contributed by atoms with E-state index >= 15 is 0 Å². The predicted octanol–water partition coefficient (Wildman–Crippen LogP) is 3.03. The van der Waals surface area contributed by atoms with Gasteiger partial charge in [0.15, 0.2) is 0 Å². The van der Waals surface area contributed by atoms with Crippen LogP contribution in [0.5, 0.6) is 0 Å². The number of pyridine rings is 1. The minimum absolute atomic E-state index is 0.151. The van der Waals surface area contributed by atoms with E-state index in [-0.39, 0.29) is 18.0 Å². The number of aromatic amines is 1. The first-order valence-electron chi connectivity index (χ1n) is 10.3. The van der Waals surface area contributed by atoms with Gasteiger partial charge in [0.1, 0.15) is 0 Å². The molecule has 0 unspecified atom stereocenters. The molecule has 1 amide bonds. The van der Waals surface area contributed by atoms with Crippen LogP contribution in [0.1, 0.15) is 32.7 Å². The highest BCUT2D eigenvalue weighted by atomic mass is 16.1. The average molecular weight is 431 g/mol. The number of hydrogen-bond acceptors (Lipinski definition) is 4. The maximum Gasteiger partial charge on any atom is 0.253 e. The normalized spacial score (nSPS) is 11.0. The van der Waals surface area contributed by atoms with Gasteiger partial charge in [-0.1, -0.05) is 0 Å². The Balaban J connectivity index is 1.75. The predicted molar refractivity (Wildman–Crippen MR) is 123 cm³/mol. The second kappa shape index (κ2) is 8.30. The van der Waals surface area contributed by atoms with Crippen molar-refractivity contribution >= 4 is 5.91 Å². The molecule has 8 nitrogen and oxygen atoms in total. The molecule has 0 saturated heterocycles. The van der Waals surface area contributed by atoms with Gasteiger partial charge in [0, 0.05) is 61.0 Å². The van der Waals surface area contributed by atoms with E-state index in [0.717, 1.165) is 39.2 Å². The molecule has 0 bridgehead atoms. The Hall–Kier alpha value is -3.94. The van der Waals surface area contributed by atoms with Gasteiger partial charge >= 0.3 is 0 Å². The maximum absolute atomic E-state index is 13.3. The molecule has 0 aliphatic rings. The summed E-state index contributed by atoms with van der Waals surface area (Å²) in [5.74, 6) is -0.240. The van der Waals surface area contributed by atoms with Crippen molar-refractivity contribution in [1.82, 2.24) is 29.9 Å². The molecule has 3 aromatic heterocycles. The quantitative estimate of drug-likeness (QED) is 0.509. The lowest BCUT2D eigenvalue weighted by molar-refractivity contribution is 0.0950. The van der Waals surface area contributed by atoms with Crippen molar-refractivity contribution in [3.05, 3.63) is 81.2 Å². The minimum atomic E-state index is -0.240. The topological polar surface area (TPSA) is 97.6 Å². The van der Waals surface area contributed by atoms with Crippen LogP contribution in [0.15, 0.2) is 47.7 Å². The number of hydrogen-bond donors (Lipinski definition) is 2. The molecule has 4 rings (SSSR count). The molecule has 2 N–H and O–H groups in total. The van der Waals surface area contributed by atoms with E-state index in [1.54, 1.807) is 21.8 Å². The first-order chi connectivity index (χ1) is 15.2. The zero-order valence-corrected chi connectivity index (χ0v) is 18.9. The number of H-pyrrole nitrogens is 1. The molecule has 0 fully saturated rings. The SMILES string of the molecule is Cc1cc(C)c(CNC(=O)c2cc(-c3cnn(C)c3)cc(-c3ccnn3C)c2C)c(=O)[nH]1. The molecule has 0 saturated carbocycles. The van der Waals surface area contributed by atoms with Crippen molar-refractivity contribution in [1.29, 1.82) is 0 Å². The lowest BCUT2D eigenvalue weighted by atomic mass is 9.94. The molecular formula is C24H26N6O2. The number of nitrogens with zero attached hydrogens (tertiary/aromatic N) is 4. The van der Waals surface area contributed by atoms with Crippen molar-refractivity contribution in [2.45, 2.75) is 27.3 Å². The van der Waals surface area contributed by atoms with Gasteiger partial charge in [-0.25, -0.2) is 0 Å². The van der Waals surface area contributed by atoms with Crippen LogP contribution in [0.3, 0.4) is 0 Å². The summed E-state index contributed by atoms with van der Waals surface area (Å²) < 4.78 is 3.51. The molecule has 4 aromatic rings. The lowest BCUT2D eigenvalue weighted by Crippen LogP contribution is -2.28. The standard InChI is InChI=1S/C24H26N6O2/c1-14-8-15(2)28-24(32)21(14)12-25-23(31)20-10-17(18-11-27-29(4)13-18)9-19(16(20)3)22-6-7-26-30(22)5/h6-11,13H,12H2,1-5H3,(H,25,31)(H,28,32). The summed E-state index contributed by atoms with van der Waals surface area (Å²) in [6.45, 7) is 5.79. The molecule has 0 radical (unpaired) electrons. The maximum atomic E-state index is 13.3. The Bertz CT molecular complexity index is 1380. The van der Waals surface area contributed by atoms with Gasteiger partial charge in [-0.3, -0.25) is 19.0 Å². The van der Waals surface area contributed by atoms with E-state index in [9.17, 15) is 9.59 Å². The third kappa shape index (κ3) is 3.99. The largest absolute Gasteiger partial charge is 0.348 e. The summed E-state index contributed by atoms with van der Waals surface area (Å²) >= 11 is 0. The van der Waals surface area contributed by atoms with Gasteiger partial charge in [0.05, 0.1) is 11.9 Å². The second-order valence-corrected chi connectivity index (χ2v) is 8.06. The summed E-state index contributed by atoms with van der Waals surface area (Å²) in [7, 11) is 3.73. The average Bonchev–Trinajstić information content (AvgIpc) is 3.35. The highest BCUT2D eigenvalue weighted by Crippen LogP contribution is 2.31. The fraction of sp³-hybridized carbons (Fsp3) is 0.250. The summed E-state index contributed by atoms with van der Waals surface area (Å²) in [5, 5.41) is 11.5. The number of carbonyl (C=O) groups is 1. The summed E-state index contributed by atoms with van der Waals surface area (Å²) in [6.07, 6.45) is 5.42. The highest BCUT2D eigenvalue weighted by molar-refractivity contribution is 5.99. The van der Waals surface area contributed by atoms with Crippen molar-refractivity contribution in [3.63, 3.8) is 0 Å². The summed E-state index contributed by atoms with van der Waals surface area (Å²) in [6, 6.07) is 7.74. The van der Waals surface area contributed by atoms with Crippen molar-refractivity contribution in [2.75, 3.05) is 0 Å². The number of carbonyl (C=O) groups excluding carboxylic acids is 1. The van der Waals surface area contributed by atoms with Crippen molar-refractivity contribution in [3.8, 4) is 22.4 Å². The monoisotopic (exact) mass is 430 g/mol. The highest BCUT2D eigenvalue weighted by Gasteiger charge is 2.18. The Kier molecular flexibility index (Phi) is 5.52. The molecule has 0 atom stereocenters. The van der Waals surface area contributed by atoms with E-state index < -0.39 is 0 Å². The molecule has 32 heavy (non-hydrogen) atoms. The molecule has 3 heterocycles. The number of rotatable bonds is 5. The molecule has 8 heteroatoms. The van der Waals surface area contributed by atoms with Crippen molar-refractivity contribution in [2.24, 2.45) is 14.1 Å². The van der Waals surface area contributed by atoms with Crippen LogP contribution in [0, 0.1) is 20.8 Å². The van der Waals surface area contributed by atoms with E-state index in [0.29, 0.717) is 11.1 Å². The zero-order valence-electron chi connectivity index (χ0n) is 18.9. The number of amides is 1. The molecule has 0 spiro atoms. The molecule has 164 valence electrons. The van der Waals surface area contributed by atoms with Crippen LogP contribution in [-0.4, -0.2) is 30.5 Å². The molecule has 0 aliphatic carbocycles. The molecule has 1 aromatic carbocycles. The van der Waals surface area contributed by atoms with Gasteiger partial charge in [-0.05, 0) is 61.7 Å². The van der Waals surface area contributed by atoms with Gasteiger partial charge in [0.2, 0.25) is 0 Å². The number of aryl methyl sites for hydroxylation is 4. The van der Waals surface area contributed by atoms with Gasteiger partial charge in [0.25, 0.3) is 11.5 Å². The van der Waals surface area contributed by atoms with Crippen LogP contribution in [-0.2, 0) is 20.6 Å². The van der Waals surface area contributed by atoms with E-state index in [1.807, 2.05) is 59.3 Å². The van der Waals surface area contributed by atoms with E-state index in [4.69, 9.17) is 0 Å². The minimum Gasteiger partial charge on any atom is -0.348 e. The lowest BCUT2D eigenvalue weighted by Gasteiger charge is -2.15. The smallest absolute Gasteiger partial charge is 0.253 e. The summed E-state index contributed by atoms with van der Waals surface area (Å²) in [4.78, 5) is 28.4. The van der Waals surface area contributed by atoms with Crippen LogP contribution in [0.25, 0.3) is 22.4 Å². The number of benzene rings is 1. The molecular weight excluding hydrogens is 404 g/mol. The van der Waals surface area contributed by atoms with E-state index in [2.05, 4.69) is 26.6 Å². The second-order valence-electron chi connectivity index (χ2n) is 8.06. The Morgan fingerprint density at radius 1 is 1.09 bits per heavy atom. The third-order valence-electron chi connectivity index (χ3n) is 5.71. The van der Waals surface area contributed by atoms with E-state index in [1.165, 1.54) is 0 Å². The third-order valence-corrected chi connectivity index (χ3v) is 5.71. The molecule has 0 aliphatic heterocycles. The Labute approximate surface area is 185 Å². The van der Waals surface area contributed by atoms with Gasteiger partial charge in [-0.15, -0.1) is 0 Å². The van der Waals surface area contributed by atoms with Crippen LogP contribution in [0.2, 0.25) is 0 Å². The van der Waals surface area contributed by atoms with Crippen LogP contribution < -0.4 is 10.9 Å². The zero-order chi connectivity index (χ0) is 23.0. The Morgan fingerprint density at radius 2 is 1.88 bits per heavy atom. The number of nitrogens with one attached hydrogen (secondary N) is 2. The first-order valence-corrected chi connectivity index (χ1v) is 10.3. The fourth-order valence-corrected chi connectivity index (χ4v) is 3.96. The number of aromatic nitrogens is 5. The van der Waals surface area contributed by atoms with Gasteiger partial charge in [-0.2, -0.15) is 10.2 Å². The first kappa shape index (κ1) is 21.3. The van der Waals surface area contributed by atoms with Crippen molar-refractivity contribution < 1.29 is 4.79 Å². The van der Waals surface area contributed by atoms with Crippen LogP contribution >= 0.6 is 0 Å². The fourth-order valence-electron chi connectivity index (χ4n) is 3.96. The van der Waals surface area contributed by atoms with Crippen LogP contribution in [0.4, 0.5) is 0 Å². The summed E-state index contributed by atoms with van der Waals surface area (Å²) in [5.41, 5.74) is 7.03. The Morgan fingerprint density at radius 3 is 2.50 bits per heavy atom. The van der Waals surface area contributed by atoms with Gasteiger partial charge < -0.3 is 10.3 Å².